The van der Waals surface area contributed by atoms with Crippen LogP contribution in [0, 0.1) is 6.92 Å². The number of hydrogen-bond acceptors (Lipinski definition) is 2. The molecule has 3 rings (SSSR count). The van der Waals surface area contributed by atoms with Crippen LogP contribution >= 0.6 is 0 Å². The van der Waals surface area contributed by atoms with Crippen LogP contribution in [0.15, 0.2) is 28.9 Å². The van der Waals surface area contributed by atoms with Gasteiger partial charge in [0.2, 0.25) is 0 Å². The third-order valence-electron chi connectivity index (χ3n) is 2.20. The van der Waals surface area contributed by atoms with Crippen LogP contribution in [0.2, 0.25) is 0 Å². The van der Waals surface area contributed by atoms with Crippen LogP contribution < -0.4 is 0 Å². The molecule has 3 aromatic rings. The number of benzene rings is 1. The molecule has 0 saturated carbocycles. The number of aromatic nitrogens is 2. The molecular weight excluding hydrogens is 164 g/mol. The molecule has 13 heavy (non-hydrogen) atoms. The van der Waals surface area contributed by atoms with Gasteiger partial charge in [0.1, 0.15) is 11.4 Å². The van der Waals surface area contributed by atoms with Crippen molar-refractivity contribution in [2.24, 2.45) is 0 Å². The molecule has 0 aliphatic heterocycles. The summed E-state index contributed by atoms with van der Waals surface area (Å²) in [5.41, 5.74) is 2.94. The van der Waals surface area contributed by atoms with E-state index in [1.807, 2.05) is 25.1 Å². The molecule has 3 heteroatoms. The second-order valence-electron chi connectivity index (χ2n) is 3.12. The van der Waals surface area contributed by atoms with Crippen molar-refractivity contribution in [1.82, 2.24) is 9.97 Å². The van der Waals surface area contributed by atoms with E-state index in [0.717, 1.165) is 27.8 Å². The van der Waals surface area contributed by atoms with Gasteiger partial charge in [-0.25, -0.2) is 4.98 Å². The van der Waals surface area contributed by atoms with Gasteiger partial charge in [0.15, 0.2) is 0 Å². The monoisotopic (exact) mass is 172 g/mol. The van der Waals surface area contributed by atoms with Crippen molar-refractivity contribution in [3.05, 3.63) is 30.3 Å². The molecule has 0 bridgehead atoms. The first kappa shape index (κ1) is 6.71. The molecule has 0 aliphatic carbocycles. The second kappa shape index (κ2) is 2.13. The van der Waals surface area contributed by atoms with E-state index in [0.29, 0.717) is 0 Å². The number of aryl methyl sites for hydroxylation is 1. The van der Waals surface area contributed by atoms with Gasteiger partial charge < -0.3 is 9.40 Å². The smallest absolute Gasteiger partial charge is 0.136 e. The molecule has 0 aliphatic rings. The van der Waals surface area contributed by atoms with Crippen molar-refractivity contribution >= 4 is 22.0 Å². The van der Waals surface area contributed by atoms with Gasteiger partial charge in [-0.3, -0.25) is 0 Å². The fourth-order valence-corrected chi connectivity index (χ4v) is 1.64. The molecule has 2 aromatic heterocycles. The van der Waals surface area contributed by atoms with Gasteiger partial charge in [0.05, 0.1) is 17.3 Å². The Morgan fingerprint density at radius 3 is 3.15 bits per heavy atom. The molecule has 64 valence electrons. The van der Waals surface area contributed by atoms with Crippen LogP contribution in [0.5, 0.6) is 0 Å². The minimum absolute atomic E-state index is 0.888. The van der Waals surface area contributed by atoms with Crippen LogP contribution in [0.4, 0.5) is 0 Å². The van der Waals surface area contributed by atoms with Crippen molar-refractivity contribution < 1.29 is 4.42 Å². The van der Waals surface area contributed by atoms with Crippen molar-refractivity contribution in [2.45, 2.75) is 6.92 Å². The molecule has 0 radical (unpaired) electrons. The molecule has 0 spiro atoms. The lowest BCUT2D eigenvalue weighted by molar-refractivity contribution is 0.616. The fraction of sp³-hybridized carbons (Fsp3) is 0.100. The Hall–Kier alpha value is -1.77. The zero-order chi connectivity index (χ0) is 8.84. The first-order valence-electron chi connectivity index (χ1n) is 4.17. The Labute approximate surface area is 74.4 Å². The van der Waals surface area contributed by atoms with Gasteiger partial charge in [-0.15, -0.1) is 0 Å². The highest BCUT2D eigenvalue weighted by Crippen LogP contribution is 2.23. The number of hydrogen-bond donors (Lipinski definition) is 1. The molecular formula is C10H8N2O. The quantitative estimate of drug-likeness (QED) is 0.566. The van der Waals surface area contributed by atoms with Crippen LogP contribution in [0.3, 0.4) is 0 Å². The van der Waals surface area contributed by atoms with Gasteiger partial charge in [-0.2, -0.15) is 0 Å². The van der Waals surface area contributed by atoms with Gasteiger partial charge in [-0.1, -0.05) is 0 Å². The summed E-state index contributed by atoms with van der Waals surface area (Å²) in [7, 11) is 0. The molecule has 0 atom stereocenters. The number of nitrogens with zero attached hydrogens (tertiary/aromatic N) is 1. The zero-order valence-electron chi connectivity index (χ0n) is 7.16. The van der Waals surface area contributed by atoms with E-state index in [9.17, 15) is 0 Å². The number of fused-ring (bicyclic) bond motifs is 3. The Balaban J connectivity index is 2.64. The summed E-state index contributed by atoms with van der Waals surface area (Å²) in [4.78, 5) is 7.59. The van der Waals surface area contributed by atoms with Crippen LogP contribution in [0.1, 0.15) is 5.82 Å². The molecule has 2 heterocycles. The fourth-order valence-electron chi connectivity index (χ4n) is 1.64. The van der Waals surface area contributed by atoms with E-state index in [-0.39, 0.29) is 0 Å². The standard InChI is InChI=1S/C10H8N2O/c1-6-11-8-2-3-9-7(4-5-13-9)10(8)12-6/h2-5H,1H3,(H,11,12). The summed E-state index contributed by atoms with van der Waals surface area (Å²) in [6.45, 7) is 1.95. The van der Waals surface area contributed by atoms with E-state index in [1.165, 1.54) is 0 Å². The summed E-state index contributed by atoms with van der Waals surface area (Å²) >= 11 is 0. The summed E-state index contributed by atoms with van der Waals surface area (Å²) in [5, 5.41) is 1.07. The summed E-state index contributed by atoms with van der Waals surface area (Å²) in [5.74, 6) is 0.934. The van der Waals surface area contributed by atoms with E-state index in [2.05, 4.69) is 9.97 Å². The summed E-state index contributed by atoms with van der Waals surface area (Å²) in [6.07, 6.45) is 1.69. The highest BCUT2D eigenvalue weighted by molar-refractivity contribution is 6.01. The number of imidazole rings is 1. The number of furan rings is 1. The third-order valence-corrected chi connectivity index (χ3v) is 2.20. The number of nitrogens with one attached hydrogen (secondary N) is 1. The molecule has 1 N–H and O–H groups in total. The predicted octanol–water partition coefficient (Wildman–Crippen LogP) is 2.62. The Morgan fingerprint density at radius 2 is 2.23 bits per heavy atom. The van der Waals surface area contributed by atoms with Crippen molar-refractivity contribution in [1.29, 1.82) is 0 Å². The van der Waals surface area contributed by atoms with Gasteiger partial charge >= 0.3 is 0 Å². The van der Waals surface area contributed by atoms with Crippen molar-refractivity contribution in [2.75, 3.05) is 0 Å². The lowest BCUT2D eigenvalue weighted by Crippen LogP contribution is -1.69. The molecule has 0 amide bonds. The highest BCUT2D eigenvalue weighted by Gasteiger charge is 2.05. The second-order valence-corrected chi connectivity index (χ2v) is 3.12. The van der Waals surface area contributed by atoms with Gasteiger partial charge in [0, 0.05) is 5.39 Å². The van der Waals surface area contributed by atoms with E-state index >= 15 is 0 Å². The summed E-state index contributed by atoms with van der Waals surface area (Å²) in [6, 6.07) is 5.88. The molecule has 3 nitrogen and oxygen atoms in total. The average molecular weight is 172 g/mol. The normalized spacial score (nSPS) is 11.5. The van der Waals surface area contributed by atoms with Gasteiger partial charge in [-0.05, 0) is 25.1 Å². The van der Waals surface area contributed by atoms with Crippen molar-refractivity contribution in [3.63, 3.8) is 0 Å². The van der Waals surface area contributed by atoms with Crippen LogP contribution in [0.25, 0.3) is 22.0 Å². The lowest BCUT2D eigenvalue weighted by Gasteiger charge is -1.88. The molecule has 0 fully saturated rings. The van der Waals surface area contributed by atoms with Crippen molar-refractivity contribution in [3.8, 4) is 0 Å². The first-order valence-corrected chi connectivity index (χ1v) is 4.17. The van der Waals surface area contributed by atoms with Crippen LogP contribution in [-0.4, -0.2) is 9.97 Å². The highest BCUT2D eigenvalue weighted by atomic mass is 16.3. The maximum absolute atomic E-state index is 5.28. The molecule has 0 saturated heterocycles. The third kappa shape index (κ3) is 0.811. The zero-order valence-corrected chi connectivity index (χ0v) is 7.16. The first-order chi connectivity index (χ1) is 6.34. The van der Waals surface area contributed by atoms with Gasteiger partial charge in [0.25, 0.3) is 0 Å². The maximum atomic E-state index is 5.28. The van der Waals surface area contributed by atoms with E-state index in [4.69, 9.17) is 4.42 Å². The maximum Gasteiger partial charge on any atom is 0.136 e. The molecule has 1 aromatic carbocycles. The SMILES string of the molecule is Cc1nc2c(ccc3occc32)[nH]1. The largest absolute Gasteiger partial charge is 0.464 e. The minimum Gasteiger partial charge on any atom is -0.464 e. The number of aromatic amines is 1. The Bertz CT molecular complexity index is 577. The molecule has 0 unspecified atom stereocenters. The number of rotatable bonds is 0. The topological polar surface area (TPSA) is 41.8 Å². The average Bonchev–Trinajstić information content (AvgIpc) is 2.65. The van der Waals surface area contributed by atoms with E-state index < -0.39 is 0 Å². The van der Waals surface area contributed by atoms with E-state index in [1.54, 1.807) is 6.26 Å². The Kier molecular flexibility index (Phi) is 1.10. The lowest BCUT2D eigenvalue weighted by atomic mass is 10.2. The summed E-state index contributed by atoms with van der Waals surface area (Å²) < 4.78 is 5.28. The minimum atomic E-state index is 0.888. The van der Waals surface area contributed by atoms with Crippen LogP contribution in [-0.2, 0) is 0 Å². The number of H-pyrrole nitrogens is 1. The Morgan fingerprint density at radius 1 is 1.31 bits per heavy atom. The predicted molar refractivity (Wildman–Crippen MR) is 50.6 cm³/mol.